The van der Waals surface area contributed by atoms with Crippen LogP contribution >= 0.6 is 0 Å². The first-order valence-corrected chi connectivity index (χ1v) is 5.55. The molecular formula is C14H14INO3. The smallest absolute Gasteiger partial charge is 0.227 e. The Labute approximate surface area is 128 Å². The van der Waals surface area contributed by atoms with E-state index < -0.39 is 0 Å². The molecular weight excluding hydrogens is 357 g/mol. The van der Waals surface area contributed by atoms with Gasteiger partial charge < -0.3 is 33.8 Å². The molecule has 0 unspecified atom stereocenters. The monoisotopic (exact) mass is 371 g/mol. The summed E-state index contributed by atoms with van der Waals surface area (Å²) in [6, 6.07) is 10.2. The van der Waals surface area contributed by atoms with Crippen LogP contribution < -0.4 is 33.3 Å². The quantitative estimate of drug-likeness (QED) is 0.408. The zero-order valence-corrected chi connectivity index (χ0v) is 12.6. The van der Waals surface area contributed by atoms with Gasteiger partial charge in [-0.2, -0.15) is 4.57 Å². The standard InChI is InChI=1S/C14H13NO3.HI/c1-18-14-9-11(5-6-12(14)16)13(17)10-15-7-3-2-4-8-15;/h2-9H,10H2,1H3;1H. The molecule has 1 N–H and O–H groups in total. The molecule has 0 bridgehead atoms. The number of hydrogen-bond acceptors (Lipinski definition) is 3. The molecule has 100 valence electrons. The number of nitrogens with zero attached hydrogens (tertiary/aromatic N) is 1. The molecule has 19 heavy (non-hydrogen) atoms. The van der Waals surface area contributed by atoms with Crippen molar-refractivity contribution in [3.05, 3.63) is 54.4 Å². The SMILES string of the molecule is COc1cc(C(=O)C[n+]2ccccc2)ccc1O.[I-]. The average molecular weight is 371 g/mol. The van der Waals surface area contributed by atoms with Gasteiger partial charge in [-0.05, 0) is 18.2 Å². The van der Waals surface area contributed by atoms with E-state index in [4.69, 9.17) is 4.74 Å². The number of hydrogen-bond donors (Lipinski definition) is 1. The van der Waals surface area contributed by atoms with E-state index >= 15 is 0 Å². The fraction of sp³-hybridized carbons (Fsp3) is 0.143. The molecule has 5 heteroatoms. The van der Waals surface area contributed by atoms with Crippen LogP contribution in [0.25, 0.3) is 0 Å². The van der Waals surface area contributed by atoms with Gasteiger partial charge in [0.25, 0.3) is 0 Å². The Kier molecular flexibility index (Phi) is 5.75. The number of aromatic nitrogens is 1. The van der Waals surface area contributed by atoms with E-state index in [0.29, 0.717) is 11.3 Å². The number of carbonyl (C=O) groups excluding carboxylic acids is 1. The summed E-state index contributed by atoms with van der Waals surface area (Å²) in [6.45, 7) is 0.259. The lowest BCUT2D eigenvalue weighted by molar-refractivity contribution is -0.683. The number of carbonyl (C=O) groups is 1. The summed E-state index contributed by atoms with van der Waals surface area (Å²) in [4.78, 5) is 12.0. The van der Waals surface area contributed by atoms with Gasteiger partial charge in [-0.1, -0.05) is 6.07 Å². The first kappa shape index (κ1) is 15.4. The van der Waals surface area contributed by atoms with Crippen LogP contribution in [0, 0.1) is 0 Å². The number of halogens is 1. The number of aromatic hydroxyl groups is 1. The maximum absolute atomic E-state index is 12.0. The van der Waals surface area contributed by atoms with Crippen LogP contribution in [0.3, 0.4) is 0 Å². The summed E-state index contributed by atoms with van der Waals surface area (Å²) in [5.41, 5.74) is 0.515. The van der Waals surface area contributed by atoms with Crippen molar-refractivity contribution in [1.29, 1.82) is 0 Å². The molecule has 1 aromatic carbocycles. The van der Waals surface area contributed by atoms with Crippen LogP contribution in [-0.4, -0.2) is 18.0 Å². The third-order valence-corrected chi connectivity index (χ3v) is 2.61. The molecule has 1 heterocycles. The number of ketones is 1. The summed E-state index contributed by atoms with van der Waals surface area (Å²) in [5.74, 6) is 0.296. The molecule has 0 aliphatic rings. The topological polar surface area (TPSA) is 50.4 Å². The molecule has 0 atom stereocenters. The highest BCUT2D eigenvalue weighted by Crippen LogP contribution is 2.26. The molecule has 0 spiro atoms. The zero-order valence-electron chi connectivity index (χ0n) is 10.4. The fourth-order valence-electron chi connectivity index (χ4n) is 1.65. The van der Waals surface area contributed by atoms with Crippen molar-refractivity contribution >= 4 is 5.78 Å². The number of rotatable bonds is 4. The normalized spacial score (nSPS) is 9.53. The van der Waals surface area contributed by atoms with Crippen LogP contribution in [0.4, 0.5) is 0 Å². The number of phenolic OH excluding ortho intramolecular Hbond substituents is 1. The van der Waals surface area contributed by atoms with E-state index in [9.17, 15) is 9.90 Å². The predicted octanol–water partition coefficient (Wildman–Crippen LogP) is -1.42. The van der Waals surface area contributed by atoms with Gasteiger partial charge in [-0.25, -0.2) is 0 Å². The first-order valence-electron chi connectivity index (χ1n) is 5.55. The lowest BCUT2D eigenvalue weighted by Gasteiger charge is -2.04. The van der Waals surface area contributed by atoms with Crippen molar-refractivity contribution in [2.75, 3.05) is 7.11 Å². The van der Waals surface area contributed by atoms with E-state index in [1.165, 1.54) is 13.2 Å². The summed E-state index contributed by atoms with van der Waals surface area (Å²) in [5, 5.41) is 9.46. The molecule has 2 rings (SSSR count). The second-order valence-corrected chi connectivity index (χ2v) is 3.86. The highest BCUT2D eigenvalue weighted by molar-refractivity contribution is 5.95. The maximum Gasteiger partial charge on any atom is 0.227 e. The number of phenols is 1. The van der Waals surface area contributed by atoms with Crippen LogP contribution in [0.1, 0.15) is 10.4 Å². The minimum Gasteiger partial charge on any atom is -1.00 e. The fourth-order valence-corrected chi connectivity index (χ4v) is 1.65. The largest absolute Gasteiger partial charge is 1.00 e. The number of Topliss-reactive ketones (excluding diaryl/α,β-unsaturated/α-hetero) is 1. The third kappa shape index (κ3) is 3.92. The van der Waals surface area contributed by atoms with Crippen LogP contribution in [0.5, 0.6) is 11.5 Å². The Morgan fingerprint density at radius 3 is 2.58 bits per heavy atom. The van der Waals surface area contributed by atoms with Crippen molar-refractivity contribution < 1.29 is 43.2 Å². The minimum absolute atomic E-state index is 0. The number of methoxy groups -OCH3 is 1. The maximum atomic E-state index is 12.0. The predicted molar refractivity (Wildman–Crippen MR) is 65.6 cm³/mol. The van der Waals surface area contributed by atoms with Crippen LogP contribution in [0.2, 0.25) is 0 Å². The number of ether oxygens (including phenoxy) is 1. The number of benzene rings is 1. The lowest BCUT2D eigenvalue weighted by atomic mass is 10.1. The van der Waals surface area contributed by atoms with Gasteiger partial charge in [-0.3, -0.25) is 4.79 Å². The molecule has 0 radical (unpaired) electrons. The van der Waals surface area contributed by atoms with E-state index in [-0.39, 0.29) is 42.1 Å². The van der Waals surface area contributed by atoms with Gasteiger partial charge in [0.2, 0.25) is 12.3 Å². The van der Waals surface area contributed by atoms with E-state index in [1.54, 1.807) is 16.7 Å². The van der Waals surface area contributed by atoms with E-state index in [1.807, 2.05) is 30.6 Å². The Bertz CT molecular complexity index is 558. The summed E-state index contributed by atoms with van der Waals surface area (Å²) in [6.07, 6.45) is 3.66. The summed E-state index contributed by atoms with van der Waals surface area (Å²) >= 11 is 0. The van der Waals surface area contributed by atoms with Gasteiger partial charge in [0, 0.05) is 17.7 Å². The van der Waals surface area contributed by atoms with Crippen molar-refractivity contribution in [3.8, 4) is 11.5 Å². The highest BCUT2D eigenvalue weighted by atomic mass is 127. The average Bonchev–Trinajstić information content (AvgIpc) is 2.40. The Balaban J connectivity index is 0.00000180. The van der Waals surface area contributed by atoms with Gasteiger partial charge in [-0.15, -0.1) is 0 Å². The summed E-state index contributed by atoms with van der Waals surface area (Å²) < 4.78 is 6.77. The van der Waals surface area contributed by atoms with Gasteiger partial charge >= 0.3 is 0 Å². The first-order chi connectivity index (χ1) is 8.70. The van der Waals surface area contributed by atoms with Crippen LogP contribution in [-0.2, 0) is 6.54 Å². The van der Waals surface area contributed by atoms with E-state index in [2.05, 4.69) is 0 Å². The highest BCUT2D eigenvalue weighted by Gasteiger charge is 2.13. The molecule has 0 aliphatic heterocycles. The van der Waals surface area contributed by atoms with Crippen LogP contribution in [0.15, 0.2) is 48.8 Å². The number of pyridine rings is 1. The summed E-state index contributed by atoms with van der Waals surface area (Å²) in [7, 11) is 1.45. The van der Waals surface area contributed by atoms with Gasteiger partial charge in [0.05, 0.1) is 7.11 Å². The second kappa shape index (κ2) is 7.08. The van der Waals surface area contributed by atoms with Crippen molar-refractivity contribution in [1.82, 2.24) is 0 Å². The van der Waals surface area contributed by atoms with Gasteiger partial charge in [0.1, 0.15) is 0 Å². The Morgan fingerprint density at radius 2 is 1.95 bits per heavy atom. The van der Waals surface area contributed by atoms with Gasteiger partial charge in [0.15, 0.2) is 23.9 Å². The molecule has 2 aromatic rings. The van der Waals surface area contributed by atoms with Crippen molar-refractivity contribution in [2.45, 2.75) is 6.54 Å². The molecule has 0 saturated heterocycles. The Hall–Kier alpha value is -1.63. The lowest BCUT2D eigenvalue weighted by Crippen LogP contribution is -3.00. The van der Waals surface area contributed by atoms with Crippen molar-refractivity contribution in [3.63, 3.8) is 0 Å². The van der Waals surface area contributed by atoms with E-state index in [0.717, 1.165) is 0 Å². The molecule has 4 nitrogen and oxygen atoms in total. The molecule has 0 saturated carbocycles. The molecule has 1 aromatic heterocycles. The Morgan fingerprint density at radius 1 is 1.26 bits per heavy atom. The third-order valence-electron chi connectivity index (χ3n) is 2.61. The zero-order chi connectivity index (χ0) is 13.0. The molecule has 0 amide bonds. The van der Waals surface area contributed by atoms with Crippen molar-refractivity contribution in [2.24, 2.45) is 0 Å². The molecule has 0 aliphatic carbocycles. The minimum atomic E-state index is -0.0375. The molecule has 0 fully saturated rings. The second-order valence-electron chi connectivity index (χ2n) is 3.86.